The lowest BCUT2D eigenvalue weighted by molar-refractivity contribution is 0.0591. The van der Waals surface area contributed by atoms with Crippen molar-refractivity contribution in [1.82, 2.24) is 19.7 Å². The molecule has 4 rings (SSSR count). The lowest BCUT2D eigenvalue weighted by Crippen LogP contribution is -2.40. The summed E-state index contributed by atoms with van der Waals surface area (Å²) in [5.74, 6) is 1.44. The Balaban J connectivity index is 1.61. The summed E-state index contributed by atoms with van der Waals surface area (Å²) < 4.78 is 14.0. The van der Waals surface area contributed by atoms with E-state index >= 15 is 0 Å². The summed E-state index contributed by atoms with van der Waals surface area (Å²) in [5.41, 5.74) is 1.55. The molecule has 7 nitrogen and oxygen atoms in total. The number of likely N-dealkylation sites (tertiary alicyclic amines) is 1. The predicted molar refractivity (Wildman–Crippen MR) is 114 cm³/mol. The van der Waals surface area contributed by atoms with E-state index in [9.17, 15) is 4.79 Å². The summed E-state index contributed by atoms with van der Waals surface area (Å²) in [6, 6.07) is 8.05. The van der Waals surface area contributed by atoms with E-state index in [1.807, 2.05) is 43.0 Å². The van der Waals surface area contributed by atoms with Crippen LogP contribution in [0.5, 0.6) is 0 Å². The van der Waals surface area contributed by atoms with Crippen molar-refractivity contribution < 1.29 is 13.9 Å². The van der Waals surface area contributed by atoms with Crippen LogP contribution in [0.4, 0.5) is 0 Å². The van der Waals surface area contributed by atoms with Crippen LogP contribution in [0.2, 0.25) is 0 Å². The van der Waals surface area contributed by atoms with Crippen molar-refractivity contribution in [2.45, 2.75) is 65.2 Å². The van der Waals surface area contributed by atoms with Gasteiger partial charge in [-0.05, 0) is 46.6 Å². The Morgan fingerprint density at radius 2 is 2.07 bits per heavy atom. The first-order chi connectivity index (χ1) is 14.5. The molecule has 1 aromatic carbocycles. The number of para-hydroxylation sites is 1. The highest BCUT2D eigenvalue weighted by atomic mass is 16.5. The van der Waals surface area contributed by atoms with Crippen LogP contribution in [-0.4, -0.2) is 44.8 Å². The molecule has 1 unspecified atom stereocenters. The molecule has 0 bridgehead atoms. The number of hydrogen-bond acceptors (Lipinski definition) is 5. The maximum absolute atomic E-state index is 13.5. The van der Waals surface area contributed by atoms with Crippen molar-refractivity contribution in [1.29, 1.82) is 0 Å². The minimum absolute atomic E-state index is 0.0726. The molecule has 30 heavy (non-hydrogen) atoms. The van der Waals surface area contributed by atoms with Gasteiger partial charge in [0, 0.05) is 36.0 Å². The monoisotopic (exact) mass is 410 g/mol. The molecule has 3 aromatic rings. The smallest absolute Gasteiger partial charge is 0.290 e. The number of rotatable bonds is 6. The Kier molecular flexibility index (Phi) is 5.90. The van der Waals surface area contributed by atoms with E-state index in [0.717, 1.165) is 35.2 Å². The minimum Gasteiger partial charge on any atom is -0.451 e. The van der Waals surface area contributed by atoms with Crippen molar-refractivity contribution in [2.75, 3.05) is 13.1 Å². The van der Waals surface area contributed by atoms with E-state index in [-0.39, 0.29) is 24.0 Å². The number of carbonyl (C=O) groups excluding carboxylic acids is 1. The van der Waals surface area contributed by atoms with E-state index in [1.165, 1.54) is 0 Å². The van der Waals surface area contributed by atoms with Gasteiger partial charge in [0.2, 0.25) is 0 Å². The van der Waals surface area contributed by atoms with Crippen LogP contribution in [-0.2, 0) is 11.3 Å². The van der Waals surface area contributed by atoms with E-state index < -0.39 is 0 Å². The lowest BCUT2D eigenvalue weighted by Gasteiger charge is -2.32. The average molecular weight is 411 g/mol. The van der Waals surface area contributed by atoms with Gasteiger partial charge in [-0.1, -0.05) is 18.2 Å². The first kappa shape index (κ1) is 20.6. The third kappa shape index (κ3) is 3.99. The first-order valence-corrected chi connectivity index (χ1v) is 10.8. The highest BCUT2D eigenvalue weighted by molar-refractivity contribution is 5.99. The van der Waals surface area contributed by atoms with Gasteiger partial charge in [-0.3, -0.25) is 4.79 Å². The van der Waals surface area contributed by atoms with Crippen molar-refractivity contribution >= 4 is 16.9 Å². The van der Waals surface area contributed by atoms with Crippen molar-refractivity contribution in [3.63, 3.8) is 0 Å². The van der Waals surface area contributed by atoms with Crippen molar-refractivity contribution in [2.24, 2.45) is 0 Å². The molecule has 7 heteroatoms. The molecule has 0 spiro atoms. The van der Waals surface area contributed by atoms with Gasteiger partial charge >= 0.3 is 0 Å². The number of carbonyl (C=O) groups is 1. The SMILES string of the molecule is CC(C)OCc1c(C(=O)N2CCCC(c3nncn3C(C)C)C2)oc2ccccc12. The Hall–Kier alpha value is -2.67. The second kappa shape index (κ2) is 8.60. The van der Waals surface area contributed by atoms with Gasteiger partial charge in [0.15, 0.2) is 5.76 Å². The molecule has 1 atom stereocenters. The summed E-state index contributed by atoms with van der Waals surface area (Å²) in [5, 5.41) is 9.40. The molecule has 2 aromatic heterocycles. The zero-order valence-electron chi connectivity index (χ0n) is 18.2. The summed E-state index contributed by atoms with van der Waals surface area (Å²) in [6.45, 7) is 9.91. The molecule has 160 valence electrons. The molecule has 1 aliphatic rings. The van der Waals surface area contributed by atoms with Gasteiger partial charge in [-0.15, -0.1) is 10.2 Å². The van der Waals surface area contributed by atoms with Crippen LogP contribution in [0.1, 0.15) is 74.4 Å². The fraction of sp³-hybridized carbons (Fsp3) is 0.522. The summed E-state index contributed by atoms with van der Waals surface area (Å²) in [4.78, 5) is 15.4. The third-order valence-corrected chi connectivity index (χ3v) is 5.68. The maximum atomic E-state index is 13.5. The van der Waals surface area contributed by atoms with Crippen LogP contribution < -0.4 is 0 Å². The number of piperidine rings is 1. The average Bonchev–Trinajstić information content (AvgIpc) is 3.37. The molecule has 0 radical (unpaired) electrons. The second-order valence-electron chi connectivity index (χ2n) is 8.55. The quantitative estimate of drug-likeness (QED) is 0.596. The molecular formula is C23H30N4O3. The van der Waals surface area contributed by atoms with Gasteiger partial charge in [0.1, 0.15) is 17.7 Å². The van der Waals surface area contributed by atoms with Crippen LogP contribution >= 0.6 is 0 Å². The third-order valence-electron chi connectivity index (χ3n) is 5.68. The Morgan fingerprint density at radius 1 is 1.27 bits per heavy atom. The molecule has 3 heterocycles. The first-order valence-electron chi connectivity index (χ1n) is 10.8. The van der Waals surface area contributed by atoms with Crippen LogP contribution in [0.3, 0.4) is 0 Å². The number of aromatic nitrogens is 3. The van der Waals surface area contributed by atoms with Crippen LogP contribution in [0.15, 0.2) is 35.0 Å². The molecule has 0 saturated carbocycles. The molecule has 0 aliphatic carbocycles. The number of benzene rings is 1. The summed E-state index contributed by atoms with van der Waals surface area (Å²) in [6.07, 6.45) is 3.78. The zero-order chi connectivity index (χ0) is 21.3. The molecule has 1 amide bonds. The summed E-state index contributed by atoms with van der Waals surface area (Å²) in [7, 11) is 0. The largest absolute Gasteiger partial charge is 0.451 e. The van der Waals surface area contributed by atoms with Crippen LogP contribution in [0, 0.1) is 0 Å². The number of furan rings is 1. The van der Waals surface area contributed by atoms with E-state index in [1.54, 1.807) is 6.33 Å². The Labute approximate surface area is 177 Å². The number of ether oxygens (including phenoxy) is 1. The number of fused-ring (bicyclic) bond motifs is 1. The molecule has 0 N–H and O–H groups in total. The van der Waals surface area contributed by atoms with Crippen molar-refractivity contribution in [3.05, 3.63) is 47.7 Å². The maximum Gasteiger partial charge on any atom is 0.290 e. The highest BCUT2D eigenvalue weighted by Gasteiger charge is 2.32. The molecule has 1 fully saturated rings. The second-order valence-corrected chi connectivity index (χ2v) is 8.55. The van der Waals surface area contributed by atoms with Crippen LogP contribution in [0.25, 0.3) is 11.0 Å². The van der Waals surface area contributed by atoms with Gasteiger partial charge in [-0.25, -0.2) is 0 Å². The molecule has 1 saturated heterocycles. The number of hydrogen-bond donors (Lipinski definition) is 0. The number of amides is 1. The van der Waals surface area contributed by atoms with Gasteiger partial charge in [0.25, 0.3) is 5.91 Å². The fourth-order valence-electron chi connectivity index (χ4n) is 4.12. The lowest BCUT2D eigenvalue weighted by atomic mass is 9.96. The normalized spacial score (nSPS) is 17.4. The van der Waals surface area contributed by atoms with Gasteiger partial charge in [0.05, 0.1) is 12.7 Å². The highest BCUT2D eigenvalue weighted by Crippen LogP contribution is 2.31. The van der Waals surface area contributed by atoms with Gasteiger partial charge < -0.3 is 18.6 Å². The zero-order valence-corrected chi connectivity index (χ0v) is 18.2. The fourth-order valence-corrected chi connectivity index (χ4v) is 4.12. The minimum atomic E-state index is -0.0751. The Bertz CT molecular complexity index is 1020. The van der Waals surface area contributed by atoms with Gasteiger partial charge in [-0.2, -0.15) is 0 Å². The Morgan fingerprint density at radius 3 is 2.83 bits per heavy atom. The van der Waals surface area contributed by atoms with E-state index in [0.29, 0.717) is 25.5 Å². The van der Waals surface area contributed by atoms with Crippen molar-refractivity contribution in [3.8, 4) is 0 Å². The topological polar surface area (TPSA) is 73.4 Å². The summed E-state index contributed by atoms with van der Waals surface area (Å²) >= 11 is 0. The van der Waals surface area contributed by atoms with E-state index in [2.05, 4.69) is 28.6 Å². The number of nitrogens with zero attached hydrogens (tertiary/aromatic N) is 4. The molecule has 1 aliphatic heterocycles. The molecular weight excluding hydrogens is 380 g/mol. The standard InChI is InChI=1S/C23H30N4O3/c1-15(2)27-14-24-25-22(27)17-8-7-11-26(12-17)23(28)21-19(13-29-16(3)4)18-9-5-6-10-20(18)30-21/h5-6,9-10,14-17H,7-8,11-13H2,1-4H3. The van der Waals surface area contributed by atoms with E-state index in [4.69, 9.17) is 9.15 Å². The predicted octanol–water partition coefficient (Wildman–Crippen LogP) is 4.55.